The molecule has 0 amide bonds. The molecule has 0 atom stereocenters. The molecule has 200 valence electrons. The number of aromatic nitrogens is 3. The SMILES string of the molecule is Cn1cc(C(=O)c2cn(C(c3ccccc3)(c3ccccc3)c3ccccc3)cn2)cc1C(=O)c1ccc(Cl)cc1. The Kier molecular flexibility index (Phi) is 6.96. The number of rotatable bonds is 8. The van der Waals surface area contributed by atoms with Crippen LogP contribution < -0.4 is 0 Å². The van der Waals surface area contributed by atoms with E-state index in [1.807, 2.05) is 59.2 Å². The molecule has 0 bridgehead atoms. The lowest BCUT2D eigenvalue weighted by atomic mass is 9.77. The molecule has 0 unspecified atom stereocenters. The number of carbonyl (C=O) groups is 2. The van der Waals surface area contributed by atoms with Crippen LogP contribution in [0.25, 0.3) is 0 Å². The van der Waals surface area contributed by atoms with Crippen molar-refractivity contribution in [3.05, 3.63) is 184 Å². The molecular weight excluding hydrogens is 530 g/mol. The maximum absolute atomic E-state index is 13.7. The molecule has 6 rings (SSSR count). The van der Waals surface area contributed by atoms with Crippen molar-refractivity contribution in [2.45, 2.75) is 5.54 Å². The number of benzene rings is 4. The second-order valence-corrected chi connectivity index (χ2v) is 10.3. The Morgan fingerprint density at radius 1 is 0.659 bits per heavy atom. The summed E-state index contributed by atoms with van der Waals surface area (Å²) in [6.45, 7) is 0. The molecule has 0 aliphatic carbocycles. The number of hydrogen-bond acceptors (Lipinski definition) is 3. The minimum atomic E-state index is -0.776. The van der Waals surface area contributed by atoms with Crippen LogP contribution in [0.15, 0.2) is 140 Å². The number of halogens is 1. The lowest BCUT2D eigenvalue weighted by Gasteiger charge is -2.37. The third kappa shape index (κ3) is 4.71. The summed E-state index contributed by atoms with van der Waals surface area (Å²) >= 11 is 5.99. The molecule has 0 aliphatic rings. The van der Waals surface area contributed by atoms with Gasteiger partial charge in [-0.15, -0.1) is 0 Å². The van der Waals surface area contributed by atoms with Crippen molar-refractivity contribution in [2.75, 3.05) is 0 Å². The first-order valence-electron chi connectivity index (χ1n) is 13.2. The van der Waals surface area contributed by atoms with Gasteiger partial charge in [-0.1, -0.05) is 103 Å². The zero-order valence-electron chi connectivity index (χ0n) is 22.3. The monoisotopic (exact) mass is 555 g/mol. The van der Waals surface area contributed by atoms with Crippen LogP contribution in [0.5, 0.6) is 0 Å². The van der Waals surface area contributed by atoms with Gasteiger partial charge in [-0.05, 0) is 47.0 Å². The average molecular weight is 556 g/mol. The molecule has 6 heteroatoms. The largest absolute Gasteiger partial charge is 0.347 e. The number of nitrogens with zero attached hydrogens (tertiary/aromatic N) is 3. The van der Waals surface area contributed by atoms with Crippen molar-refractivity contribution in [1.82, 2.24) is 14.1 Å². The molecule has 0 spiro atoms. The van der Waals surface area contributed by atoms with Crippen LogP contribution in [-0.2, 0) is 12.6 Å². The maximum Gasteiger partial charge on any atom is 0.214 e. The Bertz CT molecular complexity index is 1730. The van der Waals surface area contributed by atoms with E-state index in [1.165, 1.54) is 0 Å². The number of carbonyl (C=O) groups excluding carboxylic acids is 2. The Morgan fingerprint density at radius 3 is 1.68 bits per heavy atom. The first-order valence-corrected chi connectivity index (χ1v) is 13.6. The van der Waals surface area contributed by atoms with Gasteiger partial charge in [0.1, 0.15) is 11.2 Å². The summed E-state index contributed by atoms with van der Waals surface area (Å²) in [4.78, 5) is 31.5. The molecule has 0 fully saturated rings. The lowest BCUT2D eigenvalue weighted by Crippen LogP contribution is -2.37. The molecule has 0 saturated carbocycles. The van der Waals surface area contributed by atoms with E-state index < -0.39 is 5.54 Å². The van der Waals surface area contributed by atoms with E-state index in [1.54, 1.807) is 60.7 Å². The van der Waals surface area contributed by atoms with Gasteiger partial charge in [0, 0.05) is 35.6 Å². The van der Waals surface area contributed by atoms with Crippen molar-refractivity contribution < 1.29 is 9.59 Å². The average Bonchev–Trinajstić information content (AvgIpc) is 3.67. The lowest BCUT2D eigenvalue weighted by molar-refractivity contribution is 0.102. The van der Waals surface area contributed by atoms with Crippen LogP contribution >= 0.6 is 11.6 Å². The molecule has 0 N–H and O–H groups in total. The third-order valence-corrected chi connectivity index (χ3v) is 7.64. The second-order valence-electron chi connectivity index (χ2n) is 9.86. The van der Waals surface area contributed by atoms with Crippen LogP contribution in [0.2, 0.25) is 5.02 Å². The first-order chi connectivity index (χ1) is 20.0. The van der Waals surface area contributed by atoms with Gasteiger partial charge in [0.2, 0.25) is 11.6 Å². The van der Waals surface area contributed by atoms with Gasteiger partial charge >= 0.3 is 0 Å². The van der Waals surface area contributed by atoms with Gasteiger partial charge in [-0.2, -0.15) is 0 Å². The highest BCUT2D eigenvalue weighted by Gasteiger charge is 2.38. The van der Waals surface area contributed by atoms with Crippen LogP contribution in [0.1, 0.15) is 48.8 Å². The van der Waals surface area contributed by atoms with Crippen molar-refractivity contribution in [1.29, 1.82) is 0 Å². The minimum Gasteiger partial charge on any atom is -0.347 e. The number of aryl methyl sites for hydroxylation is 1. The number of imidazole rings is 1. The molecular formula is C35H26ClN3O2. The Morgan fingerprint density at radius 2 is 1.17 bits per heavy atom. The number of hydrogen-bond donors (Lipinski definition) is 0. The second kappa shape index (κ2) is 10.9. The van der Waals surface area contributed by atoms with Crippen molar-refractivity contribution in [3.63, 3.8) is 0 Å². The summed E-state index contributed by atoms with van der Waals surface area (Å²) < 4.78 is 3.67. The Labute approximate surface area is 243 Å². The smallest absolute Gasteiger partial charge is 0.214 e. The predicted molar refractivity (Wildman–Crippen MR) is 161 cm³/mol. The fourth-order valence-corrected chi connectivity index (χ4v) is 5.55. The van der Waals surface area contributed by atoms with E-state index in [0.29, 0.717) is 21.8 Å². The van der Waals surface area contributed by atoms with Crippen LogP contribution in [0.3, 0.4) is 0 Å². The van der Waals surface area contributed by atoms with E-state index in [4.69, 9.17) is 11.6 Å². The minimum absolute atomic E-state index is 0.190. The van der Waals surface area contributed by atoms with E-state index in [0.717, 1.165) is 16.7 Å². The molecule has 6 aromatic rings. The summed E-state index contributed by atoms with van der Waals surface area (Å²) in [6.07, 6.45) is 5.18. The highest BCUT2D eigenvalue weighted by atomic mass is 35.5. The van der Waals surface area contributed by atoms with E-state index in [2.05, 4.69) is 41.4 Å². The van der Waals surface area contributed by atoms with Crippen LogP contribution in [0, 0.1) is 0 Å². The molecule has 4 aromatic carbocycles. The Hall–Kier alpha value is -5.00. The van der Waals surface area contributed by atoms with Gasteiger partial charge in [0.25, 0.3) is 0 Å². The summed E-state index contributed by atoms with van der Waals surface area (Å²) in [5, 5.41) is 0.553. The van der Waals surface area contributed by atoms with E-state index >= 15 is 0 Å². The van der Waals surface area contributed by atoms with Gasteiger partial charge in [-0.3, -0.25) is 9.59 Å². The van der Waals surface area contributed by atoms with Crippen molar-refractivity contribution in [2.24, 2.45) is 7.05 Å². The zero-order valence-corrected chi connectivity index (χ0v) is 23.1. The summed E-state index contributed by atoms with van der Waals surface area (Å²) in [6, 6.07) is 38.9. The van der Waals surface area contributed by atoms with Crippen molar-refractivity contribution >= 4 is 23.2 Å². The predicted octanol–water partition coefficient (Wildman–Crippen LogP) is 7.18. The van der Waals surface area contributed by atoms with Crippen LogP contribution in [-0.4, -0.2) is 25.7 Å². The van der Waals surface area contributed by atoms with Crippen molar-refractivity contribution in [3.8, 4) is 0 Å². The highest BCUT2D eigenvalue weighted by Crippen LogP contribution is 2.40. The standard InChI is InChI=1S/C35H26ClN3O2/c1-38-22-26(21-32(38)34(41)25-17-19-30(36)20-18-25)33(40)31-23-39(24-37-31)35(27-11-5-2-6-12-27,28-13-7-3-8-14-28)29-15-9-4-10-16-29/h2-24H,1H3. The van der Waals surface area contributed by atoms with E-state index in [-0.39, 0.29) is 17.3 Å². The molecule has 0 aliphatic heterocycles. The molecule has 0 saturated heterocycles. The van der Waals surface area contributed by atoms with Gasteiger partial charge in [0.05, 0.1) is 12.0 Å². The quantitative estimate of drug-likeness (QED) is 0.148. The summed E-state index contributed by atoms with van der Waals surface area (Å²) in [5.74, 6) is -0.456. The molecule has 5 nitrogen and oxygen atoms in total. The van der Waals surface area contributed by atoms with E-state index in [9.17, 15) is 9.59 Å². The molecule has 2 aromatic heterocycles. The third-order valence-electron chi connectivity index (χ3n) is 7.38. The fraction of sp³-hybridized carbons (Fsp3) is 0.0571. The summed E-state index contributed by atoms with van der Waals surface area (Å²) in [5.41, 5.74) is 3.90. The number of ketones is 2. The Balaban J connectivity index is 1.44. The summed E-state index contributed by atoms with van der Waals surface area (Å²) in [7, 11) is 1.75. The van der Waals surface area contributed by atoms with Gasteiger partial charge < -0.3 is 9.13 Å². The maximum atomic E-state index is 13.7. The first kappa shape index (κ1) is 26.2. The van der Waals surface area contributed by atoms with Crippen LogP contribution in [0.4, 0.5) is 0 Å². The van der Waals surface area contributed by atoms with Gasteiger partial charge in [0.15, 0.2) is 0 Å². The van der Waals surface area contributed by atoms with Gasteiger partial charge in [-0.25, -0.2) is 4.98 Å². The normalized spacial score (nSPS) is 11.4. The molecule has 2 heterocycles. The fourth-order valence-electron chi connectivity index (χ4n) is 5.42. The molecule has 41 heavy (non-hydrogen) atoms. The topological polar surface area (TPSA) is 56.9 Å². The highest BCUT2D eigenvalue weighted by molar-refractivity contribution is 6.30. The zero-order chi connectivity index (χ0) is 28.4. The molecule has 0 radical (unpaired) electrons.